The van der Waals surface area contributed by atoms with Gasteiger partial charge in [0.2, 0.25) is 0 Å². The second-order valence-electron chi connectivity index (χ2n) is 4.38. The van der Waals surface area contributed by atoms with Gasteiger partial charge in [0.1, 0.15) is 5.69 Å². The van der Waals surface area contributed by atoms with Crippen LogP contribution in [0, 0.1) is 0 Å². The number of rotatable bonds is 3. The van der Waals surface area contributed by atoms with E-state index in [9.17, 15) is 4.79 Å². The number of carbonyl (C=O) groups is 1. The highest BCUT2D eigenvalue weighted by Crippen LogP contribution is 2.20. The third kappa shape index (κ3) is 2.05. The minimum atomic E-state index is -0.328. The first-order valence-corrected chi connectivity index (χ1v) is 6.34. The minimum Gasteiger partial charge on any atom is -0.462 e. The maximum atomic E-state index is 11.7. The van der Waals surface area contributed by atoms with Crippen molar-refractivity contribution in [2.24, 2.45) is 7.05 Å². The molecule has 102 valence electrons. The summed E-state index contributed by atoms with van der Waals surface area (Å²) in [6, 6.07) is 7.15. The number of carbonyl (C=O) groups excluding carboxylic acids is 1. The van der Waals surface area contributed by atoms with E-state index in [0.29, 0.717) is 12.2 Å². The van der Waals surface area contributed by atoms with Gasteiger partial charge >= 0.3 is 5.97 Å². The Kier molecular flexibility index (Phi) is 2.98. The smallest absolute Gasteiger partial charge is 0.338 e. The van der Waals surface area contributed by atoms with Crippen LogP contribution in [0.2, 0.25) is 0 Å². The molecule has 20 heavy (non-hydrogen) atoms. The Balaban J connectivity index is 2.04. The predicted octanol–water partition coefficient (Wildman–Crippen LogP) is 2.14. The lowest BCUT2D eigenvalue weighted by Gasteiger charge is -2.00. The number of hydrogen-bond donors (Lipinski definition) is 1. The van der Waals surface area contributed by atoms with Crippen molar-refractivity contribution in [3.05, 3.63) is 36.0 Å². The lowest BCUT2D eigenvalue weighted by atomic mass is 10.2. The molecule has 3 rings (SSSR count). The summed E-state index contributed by atoms with van der Waals surface area (Å²) in [5.74, 6) is 0.395. The molecule has 0 aliphatic carbocycles. The van der Waals surface area contributed by atoms with E-state index >= 15 is 0 Å². The molecule has 1 N–H and O–H groups in total. The van der Waals surface area contributed by atoms with Crippen molar-refractivity contribution < 1.29 is 9.53 Å². The predicted molar refractivity (Wildman–Crippen MR) is 74.3 cm³/mol. The second-order valence-corrected chi connectivity index (χ2v) is 4.38. The monoisotopic (exact) mass is 270 g/mol. The number of H-pyrrole nitrogens is 1. The van der Waals surface area contributed by atoms with Crippen LogP contribution in [0.15, 0.2) is 30.5 Å². The van der Waals surface area contributed by atoms with Crippen molar-refractivity contribution in [3.8, 4) is 11.5 Å². The van der Waals surface area contributed by atoms with Gasteiger partial charge in [-0.15, -0.1) is 0 Å². The molecule has 2 aromatic heterocycles. The standard InChI is InChI=1S/C14H14N4O2/c1-3-20-14(19)9-4-5-10-11(8-9)17-13(16-10)12-6-7-15-18(12)2/h4-8H,3H2,1-2H3,(H,16,17). The number of benzene rings is 1. The van der Waals surface area contributed by atoms with Crippen LogP contribution >= 0.6 is 0 Å². The summed E-state index contributed by atoms with van der Waals surface area (Å²) in [5.41, 5.74) is 3.00. The Labute approximate surface area is 115 Å². The van der Waals surface area contributed by atoms with Crippen LogP contribution in [-0.2, 0) is 11.8 Å². The molecule has 0 bridgehead atoms. The van der Waals surface area contributed by atoms with Crippen molar-refractivity contribution in [1.29, 1.82) is 0 Å². The van der Waals surface area contributed by atoms with Gasteiger partial charge in [-0.25, -0.2) is 9.78 Å². The molecule has 0 aliphatic rings. The Bertz CT molecular complexity index is 772. The van der Waals surface area contributed by atoms with E-state index in [1.165, 1.54) is 0 Å². The lowest BCUT2D eigenvalue weighted by molar-refractivity contribution is 0.0526. The molecule has 6 heteroatoms. The Morgan fingerprint density at radius 2 is 2.25 bits per heavy atom. The molecule has 0 unspecified atom stereocenters. The van der Waals surface area contributed by atoms with Gasteiger partial charge in [-0.3, -0.25) is 4.68 Å². The molecule has 0 saturated carbocycles. The molecule has 0 spiro atoms. The van der Waals surface area contributed by atoms with E-state index in [0.717, 1.165) is 22.6 Å². The second kappa shape index (κ2) is 4.80. The molecule has 6 nitrogen and oxygen atoms in total. The highest BCUT2D eigenvalue weighted by Gasteiger charge is 2.11. The molecule has 0 amide bonds. The fourth-order valence-corrected chi connectivity index (χ4v) is 2.08. The van der Waals surface area contributed by atoms with E-state index in [4.69, 9.17) is 4.74 Å². The molecule has 0 atom stereocenters. The summed E-state index contributed by atoms with van der Waals surface area (Å²) in [5, 5.41) is 4.12. The van der Waals surface area contributed by atoms with Crippen molar-refractivity contribution in [1.82, 2.24) is 19.7 Å². The maximum Gasteiger partial charge on any atom is 0.338 e. The number of hydrogen-bond acceptors (Lipinski definition) is 4. The number of nitrogens with one attached hydrogen (secondary N) is 1. The molecule has 0 fully saturated rings. The maximum absolute atomic E-state index is 11.7. The fraction of sp³-hybridized carbons (Fsp3) is 0.214. The number of ether oxygens (including phenoxy) is 1. The lowest BCUT2D eigenvalue weighted by Crippen LogP contribution is -2.04. The highest BCUT2D eigenvalue weighted by molar-refractivity contribution is 5.94. The van der Waals surface area contributed by atoms with Crippen LogP contribution in [-0.4, -0.2) is 32.3 Å². The van der Waals surface area contributed by atoms with Crippen LogP contribution in [0.3, 0.4) is 0 Å². The highest BCUT2D eigenvalue weighted by atomic mass is 16.5. The normalized spacial score (nSPS) is 10.9. The van der Waals surface area contributed by atoms with Gasteiger partial charge in [0, 0.05) is 13.2 Å². The van der Waals surface area contributed by atoms with Crippen molar-refractivity contribution in [2.45, 2.75) is 6.92 Å². The molecule has 0 radical (unpaired) electrons. The van der Waals surface area contributed by atoms with Gasteiger partial charge in [-0.05, 0) is 31.2 Å². The average molecular weight is 270 g/mol. The third-order valence-corrected chi connectivity index (χ3v) is 3.06. The van der Waals surface area contributed by atoms with Gasteiger partial charge in [0.15, 0.2) is 5.82 Å². The van der Waals surface area contributed by atoms with Gasteiger partial charge < -0.3 is 9.72 Å². The largest absolute Gasteiger partial charge is 0.462 e. The number of nitrogens with zero attached hydrogens (tertiary/aromatic N) is 3. The topological polar surface area (TPSA) is 72.8 Å². The summed E-state index contributed by atoms with van der Waals surface area (Å²) in [6.07, 6.45) is 1.71. The van der Waals surface area contributed by atoms with E-state index in [1.807, 2.05) is 13.1 Å². The molecule has 0 aliphatic heterocycles. The third-order valence-electron chi connectivity index (χ3n) is 3.06. The Morgan fingerprint density at radius 1 is 1.40 bits per heavy atom. The Morgan fingerprint density at radius 3 is 2.95 bits per heavy atom. The number of aromatic nitrogens is 4. The number of imidazole rings is 1. The van der Waals surface area contributed by atoms with Crippen LogP contribution < -0.4 is 0 Å². The van der Waals surface area contributed by atoms with Gasteiger partial charge in [-0.2, -0.15) is 5.10 Å². The average Bonchev–Trinajstić information content (AvgIpc) is 3.03. The SMILES string of the molecule is CCOC(=O)c1ccc2nc(-c3ccnn3C)[nH]c2c1. The Hall–Kier alpha value is -2.63. The fourth-order valence-electron chi connectivity index (χ4n) is 2.08. The zero-order valence-corrected chi connectivity index (χ0v) is 11.3. The van der Waals surface area contributed by atoms with Crippen LogP contribution in [0.25, 0.3) is 22.6 Å². The summed E-state index contributed by atoms with van der Waals surface area (Å²) in [7, 11) is 1.85. The first-order valence-electron chi connectivity index (χ1n) is 6.34. The van der Waals surface area contributed by atoms with Gasteiger partial charge in [-0.1, -0.05) is 0 Å². The van der Waals surface area contributed by atoms with Crippen LogP contribution in [0.1, 0.15) is 17.3 Å². The van der Waals surface area contributed by atoms with Gasteiger partial charge in [0.25, 0.3) is 0 Å². The number of fused-ring (bicyclic) bond motifs is 1. The summed E-state index contributed by atoms with van der Waals surface area (Å²) in [4.78, 5) is 19.4. The van der Waals surface area contributed by atoms with Crippen LogP contribution in [0.5, 0.6) is 0 Å². The quantitative estimate of drug-likeness (QED) is 0.740. The molecule has 0 saturated heterocycles. The van der Waals surface area contributed by atoms with Crippen molar-refractivity contribution >= 4 is 17.0 Å². The van der Waals surface area contributed by atoms with E-state index < -0.39 is 0 Å². The van der Waals surface area contributed by atoms with Crippen LogP contribution in [0.4, 0.5) is 0 Å². The van der Waals surface area contributed by atoms with E-state index in [2.05, 4.69) is 15.1 Å². The summed E-state index contributed by atoms with van der Waals surface area (Å²) >= 11 is 0. The van der Waals surface area contributed by atoms with E-state index in [1.54, 1.807) is 36.0 Å². The molecule has 2 heterocycles. The first kappa shape index (κ1) is 12.4. The van der Waals surface area contributed by atoms with Gasteiger partial charge in [0.05, 0.1) is 23.2 Å². The zero-order chi connectivity index (χ0) is 14.1. The van der Waals surface area contributed by atoms with E-state index in [-0.39, 0.29) is 5.97 Å². The number of aromatic amines is 1. The van der Waals surface area contributed by atoms with Crippen molar-refractivity contribution in [2.75, 3.05) is 6.61 Å². The molecular weight excluding hydrogens is 256 g/mol. The zero-order valence-electron chi connectivity index (χ0n) is 11.3. The number of esters is 1. The summed E-state index contributed by atoms with van der Waals surface area (Å²) in [6.45, 7) is 2.15. The molecular formula is C14H14N4O2. The molecule has 1 aromatic carbocycles. The van der Waals surface area contributed by atoms with Crippen molar-refractivity contribution in [3.63, 3.8) is 0 Å². The number of aryl methyl sites for hydroxylation is 1. The first-order chi connectivity index (χ1) is 9.69. The summed E-state index contributed by atoms with van der Waals surface area (Å²) < 4.78 is 6.73. The minimum absolute atomic E-state index is 0.328. The molecule has 3 aromatic rings.